The molecule has 0 bridgehead atoms. The van der Waals surface area contributed by atoms with Gasteiger partial charge in [0.2, 0.25) is 5.82 Å². The van der Waals surface area contributed by atoms with Crippen molar-refractivity contribution < 1.29 is 18.7 Å². The Balaban J connectivity index is 2.19. The molecule has 1 aliphatic rings. The second-order valence-corrected chi connectivity index (χ2v) is 5.88. The van der Waals surface area contributed by atoms with Gasteiger partial charge in [-0.2, -0.15) is 9.49 Å². The number of rotatable bonds is 4. The molecule has 1 aromatic heterocycles. The monoisotopic (exact) mass is 333 g/mol. The van der Waals surface area contributed by atoms with E-state index in [0.29, 0.717) is 11.3 Å². The van der Waals surface area contributed by atoms with Crippen molar-refractivity contribution in [3.8, 4) is 11.5 Å². The highest BCUT2D eigenvalue weighted by atomic mass is 19.1. The molecule has 0 amide bonds. The molecule has 3 rings (SSSR count). The van der Waals surface area contributed by atoms with Crippen LogP contribution in [-0.2, 0) is 11.8 Å². The van der Waals surface area contributed by atoms with E-state index in [-0.39, 0.29) is 17.5 Å². The predicted octanol–water partition coefficient (Wildman–Crippen LogP) is 2.64. The Morgan fingerprint density at radius 3 is 2.54 bits per heavy atom. The minimum Gasteiger partial charge on any atom is -0.494 e. The number of aromatic nitrogens is 2. The van der Waals surface area contributed by atoms with Crippen molar-refractivity contribution in [2.24, 2.45) is 7.05 Å². The van der Waals surface area contributed by atoms with Crippen molar-refractivity contribution in [1.82, 2.24) is 9.78 Å². The molecule has 0 aliphatic carbocycles. The quantitative estimate of drug-likeness (QED) is 0.872. The summed E-state index contributed by atoms with van der Waals surface area (Å²) in [7, 11) is 4.63. The molecule has 2 unspecified atom stereocenters. The van der Waals surface area contributed by atoms with Gasteiger partial charge in [-0.25, -0.2) is 0 Å². The minimum absolute atomic E-state index is 0.0536. The van der Waals surface area contributed by atoms with E-state index < -0.39 is 11.7 Å². The maximum atomic E-state index is 14.5. The third kappa shape index (κ3) is 2.15. The number of hydrogen-bond acceptors (Lipinski definition) is 5. The summed E-state index contributed by atoms with van der Waals surface area (Å²) in [5.41, 5.74) is 3.87. The van der Waals surface area contributed by atoms with Crippen LogP contribution < -0.4 is 14.8 Å². The molecule has 2 aromatic rings. The summed E-state index contributed by atoms with van der Waals surface area (Å²) in [6, 6.07) is 1.23. The molecule has 0 fully saturated rings. The number of carbonyl (C=O) groups is 1. The number of nitrogens with zero attached hydrogens (tertiary/aromatic N) is 2. The number of anilines is 1. The molecule has 24 heavy (non-hydrogen) atoms. The number of fused-ring (bicyclic) bond motifs is 1. The minimum atomic E-state index is -0.587. The van der Waals surface area contributed by atoms with Crippen molar-refractivity contribution in [1.29, 1.82) is 0 Å². The van der Waals surface area contributed by atoms with Crippen LogP contribution in [-0.4, -0.2) is 30.3 Å². The topological polar surface area (TPSA) is 65.4 Å². The maximum Gasteiger partial charge on any atom is 0.208 e. The lowest BCUT2D eigenvalue weighted by atomic mass is 9.90. The van der Waals surface area contributed by atoms with Gasteiger partial charge in [0.15, 0.2) is 11.5 Å². The lowest BCUT2D eigenvalue weighted by molar-refractivity contribution is -0.109. The second-order valence-electron chi connectivity index (χ2n) is 5.88. The van der Waals surface area contributed by atoms with E-state index in [1.807, 2.05) is 20.9 Å². The number of aldehydes is 1. The summed E-state index contributed by atoms with van der Waals surface area (Å²) in [6.07, 6.45) is 0.867. The predicted molar refractivity (Wildman–Crippen MR) is 87.4 cm³/mol. The van der Waals surface area contributed by atoms with Gasteiger partial charge in [0.05, 0.1) is 37.6 Å². The normalized spacial score (nSPS) is 18.9. The maximum absolute atomic E-state index is 14.5. The highest BCUT2D eigenvalue weighted by Crippen LogP contribution is 2.51. The van der Waals surface area contributed by atoms with Gasteiger partial charge in [-0.1, -0.05) is 0 Å². The molecule has 128 valence electrons. The summed E-state index contributed by atoms with van der Waals surface area (Å²) < 4.78 is 26.5. The number of methoxy groups -OCH3 is 2. The van der Waals surface area contributed by atoms with Crippen LogP contribution in [0.5, 0.6) is 11.5 Å². The van der Waals surface area contributed by atoms with E-state index in [1.165, 1.54) is 14.2 Å². The molecule has 1 aromatic carbocycles. The first-order valence-electron chi connectivity index (χ1n) is 7.60. The zero-order chi connectivity index (χ0) is 17.6. The summed E-state index contributed by atoms with van der Waals surface area (Å²) in [5, 5.41) is 7.66. The number of nitrogens with one attached hydrogen (secondary N) is 1. The fourth-order valence-electron chi connectivity index (χ4n) is 3.45. The molecule has 2 heterocycles. The Morgan fingerprint density at radius 2 is 2.04 bits per heavy atom. The van der Waals surface area contributed by atoms with Crippen LogP contribution in [0, 0.1) is 19.7 Å². The molecule has 6 nitrogen and oxygen atoms in total. The molecular formula is C17H20FN3O3. The van der Waals surface area contributed by atoms with Crippen molar-refractivity contribution in [3.05, 3.63) is 34.4 Å². The highest BCUT2D eigenvalue weighted by Gasteiger charge is 2.39. The van der Waals surface area contributed by atoms with Gasteiger partial charge >= 0.3 is 0 Å². The SMILES string of the molecule is COc1cc2c(c(OC)c1F)NC(c1c(C)nn(C)c1C)C2C=O. The average Bonchev–Trinajstić information content (AvgIpc) is 3.03. The summed E-state index contributed by atoms with van der Waals surface area (Å²) in [4.78, 5) is 11.8. The molecule has 1 N–H and O–H groups in total. The first-order chi connectivity index (χ1) is 11.4. The Bertz CT molecular complexity index is 816. The molecule has 1 aliphatic heterocycles. The lowest BCUT2D eigenvalue weighted by Gasteiger charge is -2.16. The van der Waals surface area contributed by atoms with Crippen LogP contribution >= 0.6 is 0 Å². The molecular weight excluding hydrogens is 313 g/mol. The number of carbonyl (C=O) groups excluding carboxylic acids is 1. The zero-order valence-corrected chi connectivity index (χ0v) is 14.3. The van der Waals surface area contributed by atoms with E-state index >= 15 is 0 Å². The van der Waals surface area contributed by atoms with Crippen molar-refractivity contribution in [2.45, 2.75) is 25.8 Å². The van der Waals surface area contributed by atoms with Gasteiger partial charge in [-0.15, -0.1) is 0 Å². The number of benzene rings is 1. The Hall–Kier alpha value is -2.57. The van der Waals surface area contributed by atoms with Crippen molar-refractivity contribution in [2.75, 3.05) is 19.5 Å². The number of hydrogen-bond donors (Lipinski definition) is 1. The van der Waals surface area contributed by atoms with Gasteiger partial charge < -0.3 is 19.6 Å². The van der Waals surface area contributed by atoms with Crippen LogP contribution in [0.2, 0.25) is 0 Å². The number of halogens is 1. The molecule has 2 atom stereocenters. The van der Waals surface area contributed by atoms with Crippen molar-refractivity contribution >= 4 is 12.0 Å². The van der Waals surface area contributed by atoms with Gasteiger partial charge in [-0.3, -0.25) is 4.68 Å². The molecule has 0 saturated heterocycles. The molecule has 7 heteroatoms. The van der Waals surface area contributed by atoms with Crippen LogP contribution in [0.1, 0.15) is 34.5 Å². The third-order valence-electron chi connectivity index (χ3n) is 4.68. The van der Waals surface area contributed by atoms with Crippen LogP contribution in [0.3, 0.4) is 0 Å². The van der Waals surface area contributed by atoms with Crippen LogP contribution in [0.15, 0.2) is 6.07 Å². The van der Waals surface area contributed by atoms with Crippen LogP contribution in [0.25, 0.3) is 0 Å². The van der Waals surface area contributed by atoms with E-state index in [0.717, 1.165) is 23.2 Å². The summed E-state index contributed by atoms with van der Waals surface area (Å²) >= 11 is 0. The second kappa shape index (κ2) is 5.81. The smallest absolute Gasteiger partial charge is 0.208 e. The fraction of sp³-hybridized carbons (Fsp3) is 0.412. The molecule has 0 radical (unpaired) electrons. The van der Waals surface area contributed by atoms with E-state index in [2.05, 4.69) is 10.4 Å². The van der Waals surface area contributed by atoms with Gasteiger partial charge in [-0.05, 0) is 25.5 Å². The van der Waals surface area contributed by atoms with E-state index in [1.54, 1.807) is 10.7 Å². The Labute approximate surface area is 139 Å². The summed E-state index contributed by atoms with van der Waals surface area (Å²) in [6.45, 7) is 3.84. The first-order valence-corrected chi connectivity index (χ1v) is 7.60. The third-order valence-corrected chi connectivity index (χ3v) is 4.68. The number of ether oxygens (including phenoxy) is 2. The average molecular weight is 333 g/mol. The van der Waals surface area contributed by atoms with Crippen LogP contribution in [0.4, 0.5) is 10.1 Å². The Kier molecular flexibility index (Phi) is 3.95. The van der Waals surface area contributed by atoms with E-state index in [9.17, 15) is 9.18 Å². The van der Waals surface area contributed by atoms with E-state index in [4.69, 9.17) is 9.47 Å². The fourth-order valence-corrected chi connectivity index (χ4v) is 3.45. The highest BCUT2D eigenvalue weighted by molar-refractivity contribution is 5.81. The van der Waals surface area contributed by atoms with Gasteiger partial charge in [0.1, 0.15) is 6.29 Å². The standard InChI is InChI=1S/C17H20FN3O3/c1-8-13(9(2)21(3)20-8)15-11(7-22)10-6-12(23-4)14(18)17(24-5)16(10)19-15/h6-7,11,15,19H,1-5H3. The van der Waals surface area contributed by atoms with Gasteiger partial charge in [0.25, 0.3) is 0 Å². The van der Waals surface area contributed by atoms with Crippen molar-refractivity contribution in [3.63, 3.8) is 0 Å². The molecule has 0 saturated carbocycles. The van der Waals surface area contributed by atoms with Gasteiger partial charge in [0, 0.05) is 18.3 Å². The molecule has 0 spiro atoms. The lowest BCUT2D eigenvalue weighted by Crippen LogP contribution is -2.14. The number of aryl methyl sites for hydroxylation is 2. The summed E-state index contributed by atoms with van der Waals surface area (Å²) in [5.74, 6) is -0.960. The first kappa shape index (κ1) is 16.3. The largest absolute Gasteiger partial charge is 0.494 e. The zero-order valence-electron chi connectivity index (χ0n) is 14.3. The Morgan fingerprint density at radius 1 is 1.33 bits per heavy atom.